The summed E-state index contributed by atoms with van der Waals surface area (Å²) in [7, 11) is 1.87. The highest BCUT2D eigenvalue weighted by molar-refractivity contribution is 9.10. The van der Waals surface area contributed by atoms with Crippen molar-refractivity contribution >= 4 is 27.7 Å². The number of nitrogen functional groups attached to an aromatic ring is 1. The highest BCUT2D eigenvalue weighted by atomic mass is 79.9. The van der Waals surface area contributed by atoms with Crippen molar-refractivity contribution in [3.63, 3.8) is 0 Å². The summed E-state index contributed by atoms with van der Waals surface area (Å²) < 4.78 is 0.777. The molecule has 5 heteroatoms. The summed E-state index contributed by atoms with van der Waals surface area (Å²) in [5.74, 6) is 0.270. The molecule has 0 spiro atoms. The van der Waals surface area contributed by atoms with Crippen molar-refractivity contribution in [2.75, 3.05) is 12.8 Å². The summed E-state index contributed by atoms with van der Waals surface area (Å²) in [6.45, 7) is 0. The van der Waals surface area contributed by atoms with Crippen LogP contribution in [0, 0.1) is 0 Å². The molecule has 2 N–H and O–H groups in total. The molecule has 104 valence electrons. The number of nitrogens with zero attached hydrogens (tertiary/aromatic N) is 2. The second-order valence-electron chi connectivity index (χ2n) is 5.15. The number of carbonyl (C=O) groups is 1. The van der Waals surface area contributed by atoms with Crippen LogP contribution in [-0.2, 0) is 0 Å². The van der Waals surface area contributed by atoms with E-state index in [4.69, 9.17) is 5.73 Å². The van der Waals surface area contributed by atoms with Gasteiger partial charge in [0, 0.05) is 23.8 Å². The molecule has 1 aliphatic rings. The number of amides is 1. The highest BCUT2D eigenvalue weighted by Gasteiger charge is 2.23. The fourth-order valence-electron chi connectivity index (χ4n) is 2.62. The van der Waals surface area contributed by atoms with Gasteiger partial charge in [0.1, 0.15) is 5.82 Å². The van der Waals surface area contributed by atoms with Gasteiger partial charge >= 0.3 is 0 Å². The van der Waals surface area contributed by atoms with E-state index in [0.717, 1.165) is 17.3 Å². The molecule has 1 aromatic heterocycles. The lowest BCUT2D eigenvalue weighted by Gasteiger charge is -2.27. The van der Waals surface area contributed by atoms with Crippen molar-refractivity contribution in [2.24, 2.45) is 0 Å². The molecule has 1 fully saturated rings. The Kier molecular flexibility index (Phi) is 4.80. The van der Waals surface area contributed by atoms with E-state index in [1.54, 1.807) is 12.3 Å². The highest BCUT2D eigenvalue weighted by Crippen LogP contribution is 2.24. The smallest absolute Gasteiger partial charge is 0.257 e. The molecule has 0 aromatic carbocycles. The number of anilines is 1. The second-order valence-corrected chi connectivity index (χ2v) is 6.06. The Morgan fingerprint density at radius 3 is 2.63 bits per heavy atom. The maximum atomic E-state index is 12.5. The molecule has 1 aliphatic carbocycles. The van der Waals surface area contributed by atoms with Crippen molar-refractivity contribution in [1.82, 2.24) is 9.88 Å². The van der Waals surface area contributed by atoms with Crippen LogP contribution in [0.5, 0.6) is 0 Å². The lowest BCUT2D eigenvalue weighted by atomic mass is 10.1. The fraction of sp³-hybridized carbons (Fsp3) is 0.571. The topological polar surface area (TPSA) is 59.2 Å². The summed E-state index contributed by atoms with van der Waals surface area (Å²) in [6, 6.07) is 2.08. The Balaban J connectivity index is 2.15. The number of hydrogen-bond acceptors (Lipinski definition) is 3. The maximum Gasteiger partial charge on any atom is 0.257 e. The molecule has 1 aromatic rings. The molecule has 0 atom stereocenters. The first-order valence-electron chi connectivity index (χ1n) is 6.78. The van der Waals surface area contributed by atoms with Gasteiger partial charge in [0.2, 0.25) is 0 Å². The van der Waals surface area contributed by atoms with Crippen molar-refractivity contribution in [3.8, 4) is 0 Å². The van der Waals surface area contributed by atoms with Crippen molar-refractivity contribution in [2.45, 2.75) is 44.6 Å². The van der Waals surface area contributed by atoms with Crippen LogP contribution in [0.3, 0.4) is 0 Å². The van der Waals surface area contributed by atoms with Gasteiger partial charge in [0.15, 0.2) is 0 Å². The van der Waals surface area contributed by atoms with Gasteiger partial charge in [0.05, 0.1) is 5.56 Å². The zero-order chi connectivity index (χ0) is 13.8. The van der Waals surface area contributed by atoms with Crippen LogP contribution in [0.15, 0.2) is 16.7 Å². The number of nitrogens with two attached hydrogens (primary N) is 1. The van der Waals surface area contributed by atoms with Crippen LogP contribution in [0.1, 0.15) is 48.9 Å². The Morgan fingerprint density at radius 1 is 1.37 bits per heavy atom. The van der Waals surface area contributed by atoms with Crippen LogP contribution in [0.25, 0.3) is 0 Å². The van der Waals surface area contributed by atoms with Crippen LogP contribution in [-0.4, -0.2) is 28.9 Å². The molecular formula is C14H20BrN3O. The summed E-state index contributed by atoms with van der Waals surface area (Å²) in [5.41, 5.74) is 6.30. The number of pyridine rings is 1. The van der Waals surface area contributed by atoms with Crippen molar-refractivity contribution in [1.29, 1.82) is 0 Å². The number of rotatable bonds is 2. The Morgan fingerprint density at radius 2 is 2.00 bits per heavy atom. The van der Waals surface area contributed by atoms with Crippen LogP contribution < -0.4 is 5.73 Å². The largest absolute Gasteiger partial charge is 0.383 e. The van der Waals surface area contributed by atoms with E-state index in [1.807, 2.05) is 11.9 Å². The monoisotopic (exact) mass is 325 g/mol. The van der Waals surface area contributed by atoms with E-state index in [1.165, 1.54) is 25.7 Å². The second kappa shape index (κ2) is 6.37. The Bertz CT molecular complexity index is 456. The summed E-state index contributed by atoms with van der Waals surface area (Å²) in [5, 5.41) is 0. The zero-order valence-corrected chi connectivity index (χ0v) is 12.8. The molecule has 4 nitrogen and oxygen atoms in total. The number of aromatic nitrogens is 1. The molecular weight excluding hydrogens is 306 g/mol. The summed E-state index contributed by atoms with van der Waals surface area (Å²) >= 11 is 3.33. The molecule has 0 radical (unpaired) electrons. The minimum absolute atomic E-state index is 0.0294. The van der Waals surface area contributed by atoms with E-state index in [0.29, 0.717) is 17.4 Å². The minimum atomic E-state index is -0.0294. The first kappa shape index (κ1) is 14.3. The standard InChI is InChI=1S/C14H20BrN3O/c1-18(11-6-4-2-3-5-7-11)14(19)12-8-10(15)9-17-13(12)16/h8-9,11H,2-7H2,1H3,(H2,16,17). The van der Waals surface area contributed by atoms with Crippen molar-refractivity contribution in [3.05, 3.63) is 22.3 Å². The third-order valence-corrected chi connectivity index (χ3v) is 4.24. The summed E-state index contributed by atoms with van der Waals surface area (Å²) in [4.78, 5) is 18.4. The lowest BCUT2D eigenvalue weighted by Crippen LogP contribution is -2.37. The Hall–Kier alpha value is -1.10. The minimum Gasteiger partial charge on any atom is -0.383 e. The molecule has 0 bridgehead atoms. The van der Waals surface area contributed by atoms with Gasteiger partial charge in [-0.1, -0.05) is 25.7 Å². The van der Waals surface area contributed by atoms with E-state index in [2.05, 4.69) is 20.9 Å². The van der Waals surface area contributed by atoms with Crippen molar-refractivity contribution < 1.29 is 4.79 Å². The predicted octanol–water partition coefficient (Wildman–Crippen LogP) is 3.22. The number of carbonyl (C=O) groups excluding carboxylic acids is 1. The SMILES string of the molecule is CN(C(=O)c1cc(Br)cnc1N)C1CCCCCC1. The predicted molar refractivity (Wildman–Crippen MR) is 79.9 cm³/mol. The molecule has 1 saturated carbocycles. The summed E-state index contributed by atoms with van der Waals surface area (Å²) in [6.07, 6.45) is 8.74. The van der Waals surface area contributed by atoms with Crippen LogP contribution in [0.2, 0.25) is 0 Å². The van der Waals surface area contributed by atoms with Gasteiger partial charge in [-0.05, 0) is 34.8 Å². The third-order valence-electron chi connectivity index (χ3n) is 3.81. The zero-order valence-electron chi connectivity index (χ0n) is 11.2. The maximum absolute atomic E-state index is 12.5. The third kappa shape index (κ3) is 3.47. The van der Waals surface area contributed by atoms with Gasteiger partial charge < -0.3 is 10.6 Å². The molecule has 19 heavy (non-hydrogen) atoms. The first-order chi connectivity index (χ1) is 9.09. The van der Waals surface area contributed by atoms with Gasteiger partial charge in [-0.25, -0.2) is 4.98 Å². The van der Waals surface area contributed by atoms with E-state index >= 15 is 0 Å². The number of hydrogen-bond donors (Lipinski definition) is 1. The van der Waals surface area contributed by atoms with Crippen LogP contribution in [0.4, 0.5) is 5.82 Å². The fourth-order valence-corrected chi connectivity index (χ4v) is 2.95. The average Bonchev–Trinajstić information content (AvgIpc) is 2.69. The van der Waals surface area contributed by atoms with Crippen LogP contribution >= 0.6 is 15.9 Å². The number of halogens is 1. The van der Waals surface area contributed by atoms with E-state index in [9.17, 15) is 4.79 Å². The van der Waals surface area contributed by atoms with Gasteiger partial charge in [-0.2, -0.15) is 0 Å². The average molecular weight is 326 g/mol. The lowest BCUT2D eigenvalue weighted by molar-refractivity contribution is 0.0718. The van der Waals surface area contributed by atoms with E-state index in [-0.39, 0.29) is 5.91 Å². The molecule has 1 amide bonds. The van der Waals surface area contributed by atoms with Gasteiger partial charge in [-0.3, -0.25) is 4.79 Å². The molecule has 0 aliphatic heterocycles. The quantitative estimate of drug-likeness (QED) is 0.849. The molecule has 1 heterocycles. The normalized spacial score (nSPS) is 16.9. The molecule has 0 unspecified atom stereocenters. The first-order valence-corrected chi connectivity index (χ1v) is 7.57. The van der Waals surface area contributed by atoms with E-state index < -0.39 is 0 Å². The van der Waals surface area contributed by atoms with Gasteiger partial charge in [-0.15, -0.1) is 0 Å². The van der Waals surface area contributed by atoms with Gasteiger partial charge in [0.25, 0.3) is 5.91 Å². The molecule has 0 saturated heterocycles. The molecule has 2 rings (SSSR count). The Labute approximate surface area is 122 Å².